The molecule has 124 valence electrons. The van der Waals surface area contributed by atoms with Crippen LogP contribution in [0.3, 0.4) is 0 Å². The highest BCUT2D eigenvalue weighted by Gasteiger charge is 2.54. The first-order chi connectivity index (χ1) is 9.66. The van der Waals surface area contributed by atoms with E-state index in [4.69, 9.17) is 33.0 Å². The molecular weight excluding hydrogens is 342 g/mol. The number of quaternary nitrogens is 2. The molecule has 2 heterocycles. The Balaban J connectivity index is 0.000000240. The Morgan fingerprint density at radius 1 is 1.05 bits per heavy atom. The third-order valence-corrected chi connectivity index (χ3v) is 5.16. The number of alkyl halides is 2. The van der Waals surface area contributed by atoms with Crippen LogP contribution in [0.25, 0.3) is 0 Å². The molecule has 2 rings (SSSR count). The summed E-state index contributed by atoms with van der Waals surface area (Å²) < 4.78 is 12.2. The summed E-state index contributed by atoms with van der Waals surface area (Å²) in [6.45, 7) is 8.90. The molecule has 2 aliphatic rings. The van der Waals surface area contributed by atoms with Gasteiger partial charge in [-0.05, 0) is 0 Å². The lowest BCUT2D eigenvalue weighted by Crippen LogP contribution is -2.48. The first kappa shape index (κ1) is 19.2. The Kier molecular flexibility index (Phi) is 6.93. The standard InChI is InChI=1S/C9H18Cl2N2.C2H5O5P/c10-1-3-12-5-7-13(9-12,4-2-11)8-6-12;3-2(4)1-8(5,6)7/h1-9H2;1H2,(H,3,4)(H2,5,6,7)/q+2;/p-1. The Morgan fingerprint density at radius 2 is 1.43 bits per heavy atom. The Hall–Kier alpha value is 0.120. The lowest BCUT2D eigenvalue weighted by atomic mass is 10.3. The van der Waals surface area contributed by atoms with Gasteiger partial charge in [-0.2, -0.15) is 0 Å². The van der Waals surface area contributed by atoms with E-state index in [-0.39, 0.29) is 0 Å². The SMILES string of the molecule is ClCC[N+]12CC[N+](CCCl)(CC1)C2.O=C([O-])CP(=O)(O)O. The Morgan fingerprint density at radius 3 is 1.62 bits per heavy atom. The summed E-state index contributed by atoms with van der Waals surface area (Å²) in [5, 5.41) is 9.41. The molecule has 2 bridgehead atoms. The molecule has 0 aromatic heterocycles. The molecule has 2 saturated heterocycles. The number of piperazine rings is 1. The summed E-state index contributed by atoms with van der Waals surface area (Å²) in [6, 6.07) is 0. The van der Waals surface area contributed by atoms with Gasteiger partial charge < -0.3 is 19.7 Å². The van der Waals surface area contributed by atoms with Crippen LogP contribution >= 0.6 is 30.8 Å². The number of hydrogen-bond donors (Lipinski definition) is 2. The maximum absolute atomic E-state index is 9.72. The fraction of sp³-hybridized carbons (Fsp3) is 0.909. The van der Waals surface area contributed by atoms with Crippen molar-refractivity contribution in [2.24, 2.45) is 0 Å². The lowest BCUT2D eigenvalue weighted by Gasteiger charge is -2.26. The molecule has 7 nitrogen and oxygen atoms in total. The molecule has 0 amide bonds. The summed E-state index contributed by atoms with van der Waals surface area (Å²) in [5.41, 5.74) is 0. The van der Waals surface area contributed by atoms with Gasteiger partial charge in [0.25, 0.3) is 0 Å². The molecule has 0 aromatic carbocycles. The molecule has 0 spiro atoms. The smallest absolute Gasteiger partial charge is 0.331 e. The summed E-state index contributed by atoms with van der Waals surface area (Å²) >= 11 is 11.7. The molecule has 0 radical (unpaired) electrons. The molecule has 2 aliphatic heterocycles. The predicted octanol–water partition coefficient (Wildman–Crippen LogP) is -1.00. The van der Waals surface area contributed by atoms with Crippen LogP contribution in [0.5, 0.6) is 0 Å². The Bertz CT molecular complexity index is 389. The lowest BCUT2D eigenvalue weighted by molar-refractivity contribution is -0.985. The number of carbonyl (C=O) groups is 1. The average Bonchev–Trinajstić information content (AvgIpc) is 2.82. The summed E-state index contributed by atoms with van der Waals surface area (Å²) in [4.78, 5) is 25.2. The van der Waals surface area contributed by atoms with E-state index in [9.17, 15) is 14.5 Å². The van der Waals surface area contributed by atoms with Crippen LogP contribution in [-0.2, 0) is 9.36 Å². The number of aliphatic carboxylic acids is 1. The minimum absolute atomic E-state index is 0.806. The molecule has 0 atom stereocenters. The Labute approximate surface area is 134 Å². The maximum atomic E-state index is 9.72. The predicted molar refractivity (Wildman–Crippen MR) is 77.9 cm³/mol. The van der Waals surface area contributed by atoms with Crippen molar-refractivity contribution in [3.05, 3.63) is 0 Å². The van der Waals surface area contributed by atoms with Gasteiger partial charge in [0.1, 0.15) is 26.2 Å². The molecule has 0 unspecified atom stereocenters. The van der Waals surface area contributed by atoms with Crippen molar-refractivity contribution in [1.29, 1.82) is 0 Å². The van der Waals surface area contributed by atoms with Crippen LogP contribution in [0.2, 0.25) is 0 Å². The van der Waals surface area contributed by atoms with E-state index in [1.807, 2.05) is 0 Å². The summed E-state index contributed by atoms with van der Waals surface area (Å²) in [6.07, 6.45) is -1.20. The van der Waals surface area contributed by atoms with E-state index in [2.05, 4.69) is 0 Å². The van der Waals surface area contributed by atoms with Crippen molar-refractivity contribution < 1.29 is 33.2 Å². The van der Waals surface area contributed by atoms with Crippen LogP contribution < -0.4 is 5.11 Å². The van der Waals surface area contributed by atoms with E-state index >= 15 is 0 Å². The minimum Gasteiger partial charge on any atom is -0.549 e. The van der Waals surface area contributed by atoms with Crippen molar-refractivity contribution in [1.82, 2.24) is 0 Å². The van der Waals surface area contributed by atoms with E-state index < -0.39 is 19.7 Å². The number of nitrogens with zero attached hydrogens (tertiary/aromatic N) is 2. The number of fused-ring (bicyclic) bond motifs is 2. The van der Waals surface area contributed by atoms with E-state index in [0.717, 1.165) is 24.8 Å². The summed E-state index contributed by atoms with van der Waals surface area (Å²) in [5.74, 6) is -0.125. The number of halogens is 2. The highest BCUT2D eigenvalue weighted by Crippen LogP contribution is 2.32. The van der Waals surface area contributed by atoms with Crippen molar-refractivity contribution in [2.45, 2.75) is 0 Å². The molecule has 10 heteroatoms. The topological polar surface area (TPSA) is 97.7 Å². The van der Waals surface area contributed by atoms with Crippen molar-refractivity contribution in [2.75, 3.05) is 63.9 Å². The van der Waals surface area contributed by atoms with Gasteiger partial charge >= 0.3 is 7.60 Å². The second kappa shape index (κ2) is 7.59. The van der Waals surface area contributed by atoms with Gasteiger partial charge in [-0.25, -0.2) is 0 Å². The number of carboxylic acid groups (broad SMARTS) is 1. The number of rotatable bonds is 6. The molecule has 21 heavy (non-hydrogen) atoms. The van der Waals surface area contributed by atoms with Crippen LogP contribution in [0.4, 0.5) is 0 Å². The van der Waals surface area contributed by atoms with E-state index in [1.165, 1.54) is 41.8 Å². The van der Waals surface area contributed by atoms with Gasteiger partial charge in [-0.1, -0.05) is 0 Å². The highest BCUT2D eigenvalue weighted by molar-refractivity contribution is 7.52. The maximum Gasteiger partial charge on any atom is 0.331 e. The van der Waals surface area contributed by atoms with E-state index in [0.29, 0.717) is 0 Å². The van der Waals surface area contributed by atoms with Crippen molar-refractivity contribution in [3.63, 3.8) is 0 Å². The van der Waals surface area contributed by atoms with Crippen LogP contribution in [0.1, 0.15) is 0 Å². The number of carboxylic acids is 1. The summed E-state index contributed by atoms with van der Waals surface area (Å²) in [7, 11) is -4.38. The van der Waals surface area contributed by atoms with Gasteiger partial charge in [-0.3, -0.25) is 13.5 Å². The normalized spacial score (nSPS) is 30.9. The van der Waals surface area contributed by atoms with E-state index in [1.54, 1.807) is 0 Å². The molecule has 0 aliphatic carbocycles. The average molecular weight is 364 g/mol. The third kappa shape index (κ3) is 6.02. The highest BCUT2D eigenvalue weighted by atomic mass is 35.5. The van der Waals surface area contributed by atoms with Crippen LogP contribution in [0.15, 0.2) is 0 Å². The molecule has 2 fully saturated rings. The van der Waals surface area contributed by atoms with Crippen LogP contribution in [-0.4, -0.2) is 88.6 Å². The first-order valence-corrected chi connectivity index (χ1v) is 9.59. The zero-order chi connectivity index (χ0) is 16.1. The van der Waals surface area contributed by atoms with Gasteiger partial charge in [0, 0.05) is 0 Å². The zero-order valence-electron chi connectivity index (χ0n) is 11.8. The molecule has 0 saturated carbocycles. The monoisotopic (exact) mass is 363 g/mol. The van der Waals surface area contributed by atoms with Gasteiger partial charge in [-0.15, -0.1) is 23.2 Å². The van der Waals surface area contributed by atoms with Crippen molar-refractivity contribution >= 4 is 36.8 Å². The zero-order valence-corrected chi connectivity index (χ0v) is 14.2. The van der Waals surface area contributed by atoms with Gasteiger partial charge in [0.2, 0.25) is 6.67 Å². The number of carbonyl (C=O) groups excluding carboxylic acids is 1. The first-order valence-electron chi connectivity index (χ1n) is 6.72. The van der Waals surface area contributed by atoms with Crippen LogP contribution in [0, 0.1) is 0 Å². The largest absolute Gasteiger partial charge is 0.549 e. The minimum atomic E-state index is -4.38. The molecule has 0 aromatic rings. The molecular formula is C11H22Cl2N2O5P+. The van der Waals surface area contributed by atoms with Gasteiger partial charge in [0.15, 0.2) is 0 Å². The van der Waals surface area contributed by atoms with Crippen molar-refractivity contribution in [3.8, 4) is 0 Å². The molecule has 2 N–H and O–H groups in total. The number of hydrogen-bond acceptors (Lipinski definition) is 3. The quantitative estimate of drug-likeness (QED) is 0.358. The second-order valence-electron chi connectivity index (χ2n) is 5.74. The second-order valence-corrected chi connectivity index (χ2v) is 8.14. The third-order valence-electron chi connectivity index (χ3n) is 4.15. The fourth-order valence-electron chi connectivity index (χ4n) is 3.11. The van der Waals surface area contributed by atoms with Gasteiger partial charge in [0.05, 0.1) is 37.0 Å². The fourth-order valence-corrected chi connectivity index (χ4v) is 4.16.